The summed E-state index contributed by atoms with van der Waals surface area (Å²) >= 11 is 6.00. The number of imide groups is 1. The van der Waals surface area contributed by atoms with E-state index in [9.17, 15) is 9.59 Å². The lowest BCUT2D eigenvalue weighted by atomic mass is 10.0. The minimum Gasteiger partial charge on any atom is -0.314 e. The summed E-state index contributed by atoms with van der Waals surface area (Å²) in [4.78, 5) is 29.8. The van der Waals surface area contributed by atoms with Gasteiger partial charge in [0.1, 0.15) is 11.9 Å². The van der Waals surface area contributed by atoms with E-state index >= 15 is 0 Å². The molecule has 2 aromatic rings. The first-order valence-electron chi connectivity index (χ1n) is 6.86. The second-order valence-corrected chi connectivity index (χ2v) is 5.64. The van der Waals surface area contributed by atoms with Crippen molar-refractivity contribution in [2.45, 2.75) is 31.7 Å². The molecule has 1 saturated heterocycles. The molecule has 0 N–H and O–H groups in total. The third kappa shape index (κ3) is 2.21. The number of aromatic nitrogens is 2. The predicted molar refractivity (Wildman–Crippen MR) is 80.1 cm³/mol. The van der Waals surface area contributed by atoms with E-state index in [-0.39, 0.29) is 17.7 Å². The van der Waals surface area contributed by atoms with Gasteiger partial charge in [-0.05, 0) is 31.0 Å². The number of imidazole rings is 1. The van der Waals surface area contributed by atoms with E-state index in [2.05, 4.69) is 4.98 Å². The Kier molecular flexibility index (Phi) is 3.45. The highest BCUT2D eigenvalue weighted by atomic mass is 35.5. The van der Waals surface area contributed by atoms with Crippen LogP contribution in [-0.2, 0) is 15.5 Å². The lowest BCUT2D eigenvalue weighted by molar-refractivity contribution is -0.149. The van der Waals surface area contributed by atoms with Gasteiger partial charge in [-0.25, -0.2) is 4.98 Å². The van der Waals surface area contributed by atoms with Gasteiger partial charge in [-0.2, -0.15) is 0 Å². The van der Waals surface area contributed by atoms with Crippen LogP contribution in [-0.4, -0.2) is 33.3 Å². The first kappa shape index (κ1) is 14.1. The number of carbonyl (C=O) groups is 2. The van der Waals surface area contributed by atoms with Gasteiger partial charge in [-0.1, -0.05) is 6.07 Å². The zero-order valence-corrected chi connectivity index (χ0v) is 12.7. The van der Waals surface area contributed by atoms with Gasteiger partial charge in [0.2, 0.25) is 5.91 Å². The fourth-order valence-corrected chi connectivity index (χ4v) is 3.03. The van der Waals surface area contributed by atoms with Crippen LogP contribution < -0.4 is 0 Å². The van der Waals surface area contributed by atoms with Gasteiger partial charge in [0.05, 0.1) is 16.9 Å². The minimum atomic E-state index is -0.408. The summed E-state index contributed by atoms with van der Waals surface area (Å²) in [7, 11) is 1.53. The number of rotatable bonds is 2. The highest BCUT2D eigenvalue weighted by Crippen LogP contribution is 2.30. The normalized spacial score (nSPS) is 19.6. The lowest BCUT2D eigenvalue weighted by Gasteiger charge is -2.29. The summed E-state index contributed by atoms with van der Waals surface area (Å²) in [6, 6.07) is 5.51. The van der Waals surface area contributed by atoms with Crippen molar-refractivity contribution in [1.82, 2.24) is 14.5 Å². The zero-order valence-electron chi connectivity index (χ0n) is 12.0. The molecular formula is C15H16ClN3O2. The molecule has 1 unspecified atom stereocenters. The van der Waals surface area contributed by atoms with Crippen molar-refractivity contribution in [2.24, 2.45) is 0 Å². The number of alkyl halides is 1. The molecule has 5 nitrogen and oxygen atoms in total. The third-order valence-corrected chi connectivity index (χ3v) is 4.21. The van der Waals surface area contributed by atoms with E-state index in [1.165, 1.54) is 11.9 Å². The van der Waals surface area contributed by atoms with Crippen LogP contribution >= 0.6 is 11.6 Å². The number of hydrogen-bond acceptors (Lipinski definition) is 3. The van der Waals surface area contributed by atoms with E-state index in [4.69, 9.17) is 11.6 Å². The number of amides is 2. The number of carbonyl (C=O) groups excluding carboxylic acids is 2. The number of fused-ring (bicyclic) bond motifs is 1. The molecular weight excluding hydrogens is 290 g/mol. The number of piperidine rings is 1. The van der Waals surface area contributed by atoms with Crippen molar-refractivity contribution in [3.63, 3.8) is 0 Å². The molecule has 21 heavy (non-hydrogen) atoms. The van der Waals surface area contributed by atoms with Crippen LogP contribution in [0.25, 0.3) is 11.0 Å². The molecule has 0 aliphatic carbocycles. The Morgan fingerprint density at radius 3 is 2.86 bits per heavy atom. The summed E-state index contributed by atoms with van der Waals surface area (Å²) in [6.45, 7) is 2.00. The maximum atomic E-state index is 12.4. The Labute approximate surface area is 127 Å². The number of hydrogen-bond donors (Lipinski definition) is 0. The average Bonchev–Trinajstić information content (AvgIpc) is 2.82. The number of nitrogens with zero attached hydrogens (tertiary/aromatic N) is 3. The summed E-state index contributed by atoms with van der Waals surface area (Å²) in [5.41, 5.74) is 2.82. The molecule has 0 bridgehead atoms. The fraction of sp³-hybridized carbons (Fsp3) is 0.400. The number of aryl methyl sites for hydroxylation is 1. The Morgan fingerprint density at radius 1 is 1.38 bits per heavy atom. The molecule has 0 saturated carbocycles. The molecule has 1 aromatic heterocycles. The molecule has 1 fully saturated rings. The largest absolute Gasteiger partial charge is 0.314 e. The highest BCUT2D eigenvalue weighted by molar-refractivity contribution is 6.17. The number of likely N-dealkylation sites (tertiary alicyclic amines) is 1. The van der Waals surface area contributed by atoms with Crippen LogP contribution in [0.2, 0.25) is 0 Å². The number of halogens is 1. The van der Waals surface area contributed by atoms with E-state index in [0.717, 1.165) is 16.6 Å². The third-order valence-electron chi connectivity index (χ3n) is 3.97. The molecule has 6 heteroatoms. The van der Waals surface area contributed by atoms with Crippen molar-refractivity contribution >= 4 is 34.4 Å². The summed E-state index contributed by atoms with van der Waals surface area (Å²) in [6.07, 6.45) is 0.853. The second kappa shape index (κ2) is 5.15. The predicted octanol–water partition coefficient (Wildman–Crippen LogP) is 2.40. The Morgan fingerprint density at radius 2 is 2.14 bits per heavy atom. The van der Waals surface area contributed by atoms with Gasteiger partial charge in [0.25, 0.3) is 5.91 Å². The van der Waals surface area contributed by atoms with Crippen LogP contribution in [0.5, 0.6) is 0 Å². The molecule has 1 aromatic carbocycles. The van der Waals surface area contributed by atoms with Gasteiger partial charge < -0.3 is 4.57 Å². The smallest absolute Gasteiger partial charge is 0.252 e. The van der Waals surface area contributed by atoms with Crippen molar-refractivity contribution in [3.8, 4) is 0 Å². The van der Waals surface area contributed by atoms with Crippen LogP contribution in [0, 0.1) is 6.92 Å². The zero-order chi connectivity index (χ0) is 15.1. The van der Waals surface area contributed by atoms with Crippen LogP contribution in [0.15, 0.2) is 18.2 Å². The maximum absolute atomic E-state index is 12.4. The van der Waals surface area contributed by atoms with E-state index in [1.807, 2.05) is 29.7 Å². The van der Waals surface area contributed by atoms with Crippen LogP contribution in [0.4, 0.5) is 0 Å². The number of likely N-dealkylation sites (N-methyl/N-ethyl adjacent to an activating group) is 1. The molecule has 3 rings (SSSR count). The van der Waals surface area contributed by atoms with E-state index in [0.29, 0.717) is 18.7 Å². The lowest BCUT2D eigenvalue weighted by Crippen LogP contribution is -2.43. The minimum absolute atomic E-state index is 0.135. The average molecular weight is 306 g/mol. The molecule has 1 aliphatic rings. The summed E-state index contributed by atoms with van der Waals surface area (Å²) < 4.78 is 1.88. The van der Waals surface area contributed by atoms with Crippen molar-refractivity contribution in [2.75, 3.05) is 7.05 Å². The van der Waals surface area contributed by atoms with Gasteiger partial charge >= 0.3 is 0 Å². The Bertz CT molecular complexity index is 738. The molecule has 1 aliphatic heterocycles. The molecule has 2 amide bonds. The molecule has 2 heterocycles. The Balaban J connectivity index is 2.15. The highest BCUT2D eigenvalue weighted by Gasteiger charge is 2.34. The fourth-order valence-electron chi connectivity index (χ4n) is 2.84. The summed E-state index contributed by atoms with van der Waals surface area (Å²) in [5, 5.41) is 0. The van der Waals surface area contributed by atoms with E-state index in [1.54, 1.807) is 0 Å². The maximum Gasteiger partial charge on any atom is 0.252 e. The Hall–Kier alpha value is -1.88. The van der Waals surface area contributed by atoms with Crippen LogP contribution in [0.3, 0.4) is 0 Å². The molecule has 110 valence electrons. The monoisotopic (exact) mass is 305 g/mol. The van der Waals surface area contributed by atoms with Gasteiger partial charge in [-0.15, -0.1) is 11.6 Å². The topological polar surface area (TPSA) is 55.2 Å². The summed E-state index contributed by atoms with van der Waals surface area (Å²) in [5.74, 6) is 0.564. The van der Waals surface area contributed by atoms with Gasteiger partial charge in [-0.3, -0.25) is 14.5 Å². The standard InChI is InChI=1S/C15H16ClN3O2/c1-9-3-4-11-10(7-9)17-13(8-16)19(11)12-5-6-14(20)18(2)15(12)21/h3-4,7,12H,5-6,8H2,1-2H3. The first-order valence-corrected chi connectivity index (χ1v) is 7.40. The molecule has 0 radical (unpaired) electrons. The molecule has 1 atom stereocenters. The first-order chi connectivity index (χ1) is 10.0. The quantitative estimate of drug-likeness (QED) is 0.632. The van der Waals surface area contributed by atoms with Gasteiger partial charge in [0.15, 0.2) is 0 Å². The van der Waals surface area contributed by atoms with Crippen molar-refractivity contribution < 1.29 is 9.59 Å². The van der Waals surface area contributed by atoms with Crippen molar-refractivity contribution in [3.05, 3.63) is 29.6 Å². The SMILES string of the molecule is Cc1ccc2c(c1)nc(CCl)n2C1CCC(=O)N(C)C1=O. The van der Waals surface area contributed by atoms with Crippen molar-refractivity contribution in [1.29, 1.82) is 0 Å². The van der Waals surface area contributed by atoms with E-state index < -0.39 is 6.04 Å². The van der Waals surface area contributed by atoms with Crippen LogP contribution in [0.1, 0.15) is 30.3 Å². The second-order valence-electron chi connectivity index (χ2n) is 5.37. The molecule has 0 spiro atoms. The number of benzene rings is 1. The van der Waals surface area contributed by atoms with Gasteiger partial charge in [0, 0.05) is 13.5 Å².